The standard InChI is InChI=1S/C17H22N4O3/c1-23-15-7-3-6-13(17(15)24-2)14-12-21(19-18-14)11-5-10-20-9-4-8-16(20)22/h3,6-7,12H,4-5,8-11H2,1-2H3. The number of hydrogen-bond acceptors (Lipinski definition) is 5. The number of benzene rings is 1. The van der Waals surface area contributed by atoms with Crippen LogP contribution >= 0.6 is 0 Å². The summed E-state index contributed by atoms with van der Waals surface area (Å²) >= 11 is 0. The van der Waals surface area contributed by atoms with Crippen molar-refractivity contribution in [3.8, 4) is 22.8 Å². The van der Waals surface area contributed by atoms with Crippen LogP contribution in [0.5, 0.6) is 11.5 Å². The highest BCUT2D eigenvalue weighted by Gasteiger charge is 2.19. The van der Waals surface area contributed by atoms with Crippen molar-refractivity contribution in [1.82, 2.24) is 19.9 Å². The van der Waals surface area contributed by atoms with Crippen molar-refractivity contribution in [2.24, 2.45) is 0 Å². The molecule has 7 heteroatoms. The second-order valence-corrected chi connectivity index (χ2v) is 5.75. The Labute approximate surface area is 141 Å². The maximum atomic E-state index is 11.6. The van der Waals surface area contributed by atoms with E-state index in [1.54, 1.807) is 18.9 Å². The first kappa shape index (κ1) is 16.3. The normalized spacial score (nSPS) is 14.2. The van der Waals surface area contributed by atoms with Gasteiger partial charge in [0.15, 0.2) is 11.5 Å². The van der Waals surface area contributed by atoms with Gasteiger partial charge in [0.2, 0.25) is 5.91 Å². The molecule has 0 saturated carbocycles. The maximum Gasteiger partial charge on any atom is 0.222 e. The number of ether oxygens (including phenoxy) is 2. The molecule has 0 atom stereocenters. The molecule has 1 amide bonds. The predicted octanol–water partition coefficient (Wildman–Crippen LogP) is 1.97. The summed E-state index contributed by atoms with van der Waals surface area (Å²) in [7, 11) is 3.22. The maximum absolute atomic E-state index is 11.6. The first-order valence-corrected chi connectivity index (χ1v) is 8.12. The highest BCUT2D eigenvalue weighted by atomic mass is 16.5. The fraction of sp³-hybridized carbons (Fsp3) is 0.471. The van der Waals surface area contributed by atoms with Crippen molar-refractivity contribution >= 4 is 5.91 Å². The van der Waals surface area contributed by atoms with E-state index in [1.165, 1.54) is 0 Å². The van der Waals surface area contributed by atoms with Crippen LogP contribution in [0, 0.1) is 0 Å². The zero-order valence-corrected chi connectivity index (χ0v) is 14.1. The molecule has 1 aromatic heterocycles. The van der Waals surface area contributed by atoms with Gasteiger partial charge in [0.1, 0.15) is 5.69 Å². The van der Waals surface area contributed by atoms with Crippen molar-refractivity contribution in [3.63, 3.8) is 0 Å². The van der Waals surface area contributed by atoms with Gasteiger partial charge in [0.05, 0.1) is 20.4 Å². The highest BCUT2D eigenvalue weighted by Crippen LogP contribution is 2.36. The van der Waals surface area contributed by atoms with E-state index < -0.39 is 0 Å². The van der Waals surface area contributed by atoms with E-state index in [-0.39, 0.29) is 5.91 Å². The molecule has 1 saturated heterocycles. The van der Waals surface area contributed by atoms with Gasteiger partial charge in [-0.25, -0.2) is 0 Å². The Balaban J connectivity index is 1.66. The van der Waals surface area contributed by atoms with Crippen LogP contribution in [0.2, 0.25) is 0 Å². The molecular weight excluding hydrogens is 308 g/mol. The molecule has 0 spiro atoms. The monoisotopic (exact) mass is 330 g/mol. The lowest BCUT2D eigenvalue weighted by molar-refractivity contribution is -0.127. The molecule has 128 valence electrons. The number of carbonyl (C=O) groups is 1. The van der Waals surface area contributed by atoms with E-state index in [0.717, 1.165) is 43.7 Å². The zero-order valence-electron chi connectivity index (χ0n) is 14.1. The van der Waals surface area contributed by atoms with Gasteiger partial charge in [-0.3, -0.25) is 9.48 Å². The van der Waals surface area contributed by atoms with E-state index in [0.29, 0.717) is 17.9 Å². The van der Waals surface area contributed by atoms with Crippen molar-refractivity contribution in [2.75, 3.05) is 27.3 Å². The van der Waals surface area contributed by atoms with Gasteiger partial charge >= 0.3 is 0 Å². The number of amides is 1. The number of aryl methyl sites for hydroxylation is 1. The van der Waals surface area contributed by atoms with Gasteiger partial charge in [-0.1, -0.05) is 11.3 Å². The van der Waals surface area contributed by atoms with Crippen LogP contribution in [0.25, 0.3) is 11.3 Å². The molecular formula is C17H22N4O3. The van der Waals surface area contributed by atoms with Crippen LogP contribution in [-0.4, -0.2) is 53.1 Å². The molecule has 0 N–H and O–H groups in total. The molecule has 0 unspecified atom stereocenters. The summed E-state index contributed by atoms with van der Waals surface area (Å²) in [6.07, 6.45) is 4.41. The Morgan fingerprint density at radius 3 is 2.79 bits per heavy atom. The van der Waals surface area contributed by atoms with Crippen LogP contribution in [0.15, 0.2) is 24.4 Å². The molecule has 2 aromatic rings. The Morgan fingerprint density at radius 2 is 2.08 bits per heavy atom. The molecule has 0 radical (unpaired) electrons. The molecule has 1 fully saturated rings. The molecule has 1 aromatic carbocycles. The number of carbonyl (C=O) groups excluding carboxylic acids is 1. The Morgan fingerprint density at radius 1 is 1.21 bits per heavy atom. The van der Waals surface area contributed by atoms with Gasteiger partial charge in [-0.05, 0) is 25.0 Å². The Bertz CT molecular complexity index is 714. The van der Waals surface area contributed by atoms with Gasteiger partial charge in [-0.15, -0.1) is 5.10 Å². The van der Waals surface area contributed by atoms with Crippen molar-refractivity contribution in [2.45, 2.75) is 25.8 Å². The third-order valence-electron chi connectivity index (χ3n) is 4.20. The number of likely N-dealkylation sites (tertiary alicyclic amines) is 1. The molecule has 3 rings (SSSR count). The SMILES string of the molecule is COc1cccc(-c2cn(CCCN3CCCC3=O)nn2)c1OC. The van der Waals surface area contributed by atoms with Crippen LogP contribution in [0.3, 0.4) is 0 Å². The lowest BCUT2D eigenvalue weighted by Gasteiger charge is -2.14. The summed E-state index contributed by atoms with van der Waals surface area (Å²) < 4.78 is 12.6. The molecule has 2 heterocycles. The van der Waals surface area contributed by atoms with E-state index in [4.69, 9.17) is 9.47 Å². The van der Waals surface area contributed by atoms with E-state index in [2.05, 4.69) is 10.3 Å². The lowest BCUT2D eigenvalue weighted by Crippen LogP contribution is -2.26. The van der Waals surface area contributed by atoms with E-state index in [9.17, 15) is 4.79 Å². The smallest absolute Gasteiger partial charge is 0.222 e. The molecule has 0 aliphatic carbocycles. The Hall–Kier alpha value is -2.57. The molecule has 1 aliphatic rings. The second kappa shape index (κ2) is 7.33. The van der Waals surface area contributed by atoms with Crippen LogP contribution in [-0.2, 0) is 11.3 Å². The minimum absolute atomic E-state index is 0.260. The largest absolute Gasteiger partial charge is 0.493 e. The minimum Gasteiger partial charge on any atom is -0.493 e. The number of methoxy groups -OCH3 is 2. The summed E-state index contributed by atoms with van der Waals surface area (Å²) in [6, 6.07) is 5.67. The topological polar surface area (TPSA) is 69.5 Å². The molecule has 24 heavy (non-hydrogen) atoms. The number of para-hydroxylation sites is 1. The highest BCUT2D eigenvalue weighted by molar-refractivity contribution is 5.78. The van der Waals surface area contributed by atoms with Crippen LogP contribution in [0.4, 0.5) is 0 Å². The van der Waals surface area contributed by atoms with Crippen LogP contribution in [0.1, 0.15) is 19.3 Å². The third kappa shape index (κ3) is 3.34. The number of rotatable bonds is 7. The number of hydrogen-bond donors (Lipinski definition) is 0. The average molecular weight is 330 g/mol. The van der Waals surface area contributed by atoms with E-state index >= 15 is 0 Å². The van der Waals surface area contributed by atoms with Gasteiger partial charge < -0.3 is 14.4 Å². The molecule has 0 bridgehead atoms. The van der Waals surface area contributed by atoms with Gasteiger partial charge in [-0.2, -0.15) is 0 Å². The average Bonchev–Trinajstić information content (AvgIpc) is 3.23. The third-order valence-corrected chi connectivity index (χ3v) is 4.20. The Kier molecular flexibility index (Phi) is 4.98. The fourth-order valence-corrected chi connectivity index (χ4v) is 2.98. The summed E-state index contributed by atoms with van der Waals surface area (Å²) in [5.74, 6) is 1.57. The van der Waals surface area contributed by atoms with Crippen molar-refractivity contribution < 1.29 is 14.3 Å². The quantitative estimate of drug-likeness (QED) is 0.776. The predicted molar refractivity (Wildman–Crippen MR) is 89.0 cm³/mol. The van der Waals surface area contributed by atoms with Gasteiger partial charge in [0.25, 0.3) is 0 Å². The lowest BCUT2D eigenvalue weighted by atomic mass is 10.1. The zero-order chi connectivity index (χ0) is 16.9. The van der Waals surface area contributed by atoms with Crippen LogP contribution < -0.4 is 9.47 Å². The summed E-state index contributed by atoms with van der Waals surface area (Å²) in [6.45, 7) is 2.38. The van der Waals surface area contributed by atoms with Crippen molar-refractivity contribution in [1.29, 1.82) is 0 Å². The first-order valence-electron chi connectivity index (χ1n) is 8.12. The summed E-state index contributed by atoms with van der Waals surface area (Å²) in [5, 5.41) is 8.41. The van der Waals surface area contributed by atoms with Gasteiger partial charge in [0, 0.05) is 31.6 Å². The molecule has 1 aliphatic heterocycles. The number of aromatic nitrogens is 3. The molecule has 7 nitrogen and oxygen atoms in total. The van der Waals surface area contributed by atoms with E-state index in [1.807, 2.05) is 29.3 Å². The fourth-order valence-electron chi connectivity index (χ4n) is 2.98. The number of nitrogens with zero attached hydrogens (tertiary/aromatic N) is 4. The summed E-state index contributed by atoms with van der Waals surface area (Å²) in [4.78, 5) is 13.5. The van der Waals surface area contributed by atoms with Crippen molar-refractivity contribution in [3.05, 3.63) is 24.4 Å². The second-order valence-electron chi connectivity index (χ2n) is 5.75. The minimum atomic E-state index is 0.260. The first-order chi connectivity index (χ1) is 11.7. The summed E-state index contributed by atoms with van der Waals surface area (Å²) in [5.41, 5.74) is 1.58.